The monoisotopic (exact) mass is 286 g/mol. The Morgan fingerprint density at radius 1 is 1.29 bits per heavy atom. The Labute approximate surface area is 125 Å². The first-order valence-corrected chi connectivity index (χ1v) is 7.09. The predicted octanol–water partition coefficient (Wildman–Crippen LogP) is 1.61. The molecular weight excluding hydrogens is 264 g/mol. The maximum absolute atomic E-state index is 12.3. The summed E-state index contributed by atoms with van der Waals surface area (Å²) in [5.41, 5.74) is 6.92. The molecule has 0 spiro atoms. The molecule has 0 aliphatic carbocycles. The SMILES string of the molecule is CC(C)[C@H](N)C(=O)NC(c1ccccc1)c1nccn1C. The fourth-order valence-electron chi connectivity index (χ4n) is 2.14. The van der Waals surface area contributed by atoms with E-state index in [1.807, 2.05) is 62.0 Å². The minimum Gasteiger partial charge on any atom is -0.341 e. The van der Waals surface area contributed by atoms with Gasteiger partial charge >= 0.3 is 0 Å². The predicted molar refractivity (Wildman–Crippen MR) is 82.4 cm³/mol. The van der Waals surface area contributed by atoms with Gasteiger partial charge in [0.15, 0.2) is 0 Å². The normalized spacial score (nSPS) is 14.0. The van der Waals surface area contributed by atoms with Crippen LogP contribution in [0.3, 0.4) is 0 Å². The van der Waals surface area contributed by atoms with Gasteiger partial charge in [0.25, 0.3) is 0 Å². The van der Waals surface area contributed by atoms with Crippen LogP contribution in [-0.2, 0) is 11.8 Å². The lowest BCUT2D eigenvalue weighted by Gasteiger charge is -2.22. The molecule has 1 unspecified atom stereocenters. The second-order valence-corrected chi connectivity index (χ2v) is 5.52. The van der Waals surface area contributed by atoms with Gasteiger partial charge < -0.3 is 15.6 Å². The molecule has 112 valence electrons. The number of imidazole rings is 1. The van der Waals surface area contributed by atoms with Gasteiger partial charge in [0.1, 0.15) is 11.9 Å². The molecule has 2 aromatic rings. The molecule has 0 saturated heterocycles. The van der Waals surface area contributed by atoms with Gasteiger partial charge in [0.05, 0.1) is 6.04 Å². The number of hydrogen-bond acceptors (Lipinski definition) is 3. The number of aromatic nitrogens is 2. The van der Waals surface area contributed by atoms with Crippen molar-refractivity contribution in [1.29, 1.82) is 0 Å². The van der Waals surface area contributed by atoms with Crippen molar-refractivity contribution in [3.8, 4) is 0 Å². The summed E-state index contributed by atoms with van der Waals surface area (Å²) >= 11 is 0. The molecule has 1 aromatic heterocycles. The zero-order valence-electron chi connectivity index (χ0n) is 12.7. The third-order valence-electron chi connectivity index (χ3n) is 3.56. The van der Waals surface area contributed by atoms with Crippen molar-refractivity contribution in [3.63, 3.8) is 0 Å². The second kappa shape index (κ2) is 6.54. The summed E-state index contributed by atoms with van der Waals surface area (Å²) in [6, 6.07) is 8.95. The number of benzene rings is 1. The molecule has 2 atom stereocenters. The highest BCUT2D eigenvalue weighted by Crippen LogP contribution is 2.20. The standard InChI is InChI=1S/C16H22N4O/c1-11(2)13(17)16(21)19-14(12-7-5-4-6-8-12)15-18-9-10-20(15)3/h4-11,13-14H,17H2,1-3H3,(H,19,21)/t13-,14?/m0/s1. The highest BCUT2D eigenvalue weighted by molar-refractivity contribution is 5.82. The van der Waals surface area contributed by atoms with Crippen LogP contribution in [0.4, 0.5) is 0 Å². The zero-order chi connectivity index (χ0) is 15.4. The van der Waals surface area contributed by atoms with Crippen molar-refractivity contribution in [2.75, 3.05) is 0 Å². The summed E-state index contributed by atoms with van der Waals surface area (Å²) in [7, 11) is 1.91. The molecule has 2 rings (SSSR count). The number of nitrogens with zero attached hydrogens (tertiary/aromatic N) is 2. The Morgan fingerprint density at radius 3 is 2.48 bits per heavy atom. The van der Waals surface area contributed by atoms with Crippen LogP contribution in [0.5, 0.6) is 0 Å². The fourth-order valence-corrected chi connectivity index (χ4v) is 2.14. The second-order valence-electron chi connectivity index (χ2n) is 5.52. The van der Waals surface area contributed by atoms with Crippen molar-refractivity contribution >= 4 is 5.91 Å². The Morgan fingerprint density at radius 2 is 1.95 bits per heavy atom. The number of nitrogens with two attached hydrogens (primary N) is 1. The molecule has 21 heavy (non-hydrogen) atoms. The number of amides is 1. The largest absolute Gasteiger partial charge is 0.341 e. The lowest BCUT2D eigenvalue weighted by molar-refractivity contribution is -0.123. The molecular formula is C16H22N4O. The first-order chi connectivity index (χ1) is 10.0. The number of carbonyl (C=O) groups is 1. The van der Waals surface area contributed by atoms with Gasteiger partial charge in [-0.2, -0.15) is 0 Å². The minimum atomic E-state index is -0.531. The lowest BCUT2D eigenvalue weighted by Crippen LogP contribution is -2.45. The number of aryl methyl sites for hydroxylation is 1. The third-order valence-corrected chi connectivity index (χ3v) is 3.56. The van der Waals surface area contributed by atoms with E-state index in [-0.39, 0.29) is 17.9 Å². The molecule has 0 radical (unpaired) electrons. The zero-order valence-corrected chi connectivity index (χ0v) is 12.7. The summed E-state index contributed by atoms with van der Waals surface area (Å²) in [6.07, 6.45) is 3.58. The highest BCUT2D eigenvalue weighted by atomic mass is 16.2. The van der Waals surface area contributed by atoms with Crippen LogP contribution in [0, 0.1) is 5.92 Å². The maximum atomic E-state index is 12.3. The van der Waals surface area contributed by atoms with E-state index in [0.717, 1.165) is 11.4 Å². The van der Waals surface area contributed by atoms with Crippen molar-refractivity contribution < 1.29 is 4.79 Å². The summed E-state index contributed by atoms with van der Waals surface area (Å²) < 4.78 is 1.90. The van der Waals surface area contributed by atoms with Gasteiger partial charge in [-0.05, 0) is 11.5 Å². The van der Waals surface area contributed by atoms with E-state index in [1.165, 1.54) is 0 Å². The fraction of sp³-hybridized carbons (Fsp3) is 0.375. The molecule has 1 heterocycles. The van der Waals surface area contributed by atoms with Crippen LogP contribution in [0.1, 0.15) is 31.3 Å². The molecule has 5 nitrogen and oxygen atoms in total. The van der Waals surface area contributed by atoms with Crippen LogP contribution in [-0.4, -0.2) is 21.5 Å². The van der Waals surface area contributed by atoms with Gasteiger partial charge in [-0.1, -0.05) is 44.2 Å². The smallest absolute Gasteiger partial charge is 0.238 e. The van der Waals surface area contributed by atoms with E-state index < -0.39 is 6.04 Å². The van der Waals surface area contributed by atoms with Gasteiger partial charge in [0.2, 0.25) is 5.91 Å². The Kier molecular flexibility index (Phi) is 4.75. The van der Waals surface area contributed by atoms with E-state index >= 15 is 0 Å². The third kappa shape index (κ3) is 3.49. The number of rotatable bonds is 5. The van der Waals surface area contributed by atoms with Gasteiger partial charge in [-0.15, -0.1) is 0 Å². The first-order valence-electron chi connectivity index (χ1n) is 7.09. The van der Waals surface area contributed by atoms with E-state index in [2.05, 4.69) is 10.3 Å². The molecule has 0 aliphatic rings. The molecule has 1 aromatic carbocycles. The van der Waals surface area contributed by atoms with Crippen LogP contribution in [0.2, 0.25) is 0 Å². The van der Waals surface area contributed by atoms with E-state index in [9.17, 15) is 4.79 Å². The first kappa shape index (κ1) is 15.3. The number of carbonyl (C=O) groups excluding carboxylic acids is 1. The number of hydrogen-bond donors (Lipinski definition) is 2. The van der Waals surface area contributed by atoms with Gasteiger partial charge in [-0.3, -0.25) is 4.79 Å². The molecule has 0 aliphatic heterocycles. The average Bonchev–Trinajstić information content (AvgIpc) is 2.90. The molecule has 5 heteroatoms. The topological polar surface area (TPSA) is 72.9 Å². The average molecular weight is 286 g/mol. The van der Waals surface area contributed by atoms with Crippen molar-refractivity contribution in [3.05, 3.63) is 54.1 Å². The molecule has 1 amide bonds. The maximum Gasteiger partial charge on any atom is 0.238 e. The molecule has 0 bridgehead atoms. The summed E-state index contributed by atoms with van der Waals surface area (Å²) in [4.78, 5) is 16.7. The summed E-state index contributed by atoms with van der Waals surface area (Å²) in [5, 5.41) is 3.01. The van der Waals surface area contributed by atoms with Crippen molar-refractivity contribution in [2.24, 2.45) is 18.7 Å². The Balaban J connectivity index is 2.30. The van der Waals surface area contributed by atoms with Crippen LogP contribution >= 0.6 is 0 Å². The molecule has 3 N–H and O–H groups in total. The quantitative estimate of drug-likeness (QED) is 0.877. The van der Waals surface area contributed by atoms with Gasteiger partial charge in [0, 0.05) is 19.4 Å². The van der Waals surface area contributed by atoms with E-state index in [0.29, 0.717) is 0 Å². The van der Waals surface area contributed by atoms with Crippen LogP contribution < -0.4 is 11.1 Å². The van der Waals surface area contributed by atoms with E-state index in [1.54, 1.807) is 6.20 Å². The van der Waals surface area contributed by atoms with E-state index in [4.69, 9.17) is 5.73 Å². The Hall–Kier alpha value is -2.14. The molecule has 0 saturated carbocycles. The van der Waals surface area contributed by atoms with Crippen molar-refractivity contribution in [1.82, 2.24) is 14.9 Å². The summed E-state index contributed by atoms with van der Waals surface area (Å²) in [6.45, 7) is 3.87. The van der Waals surface area contributed by atoms with Crippen LogP contribution in [0.25, 0.3) is 0 Å². The summed E-state index contributed by atoms with van der Waals surface area (Å²) in [5.74, 6) is 0.704. The minimum absolute atomic E-state index is 0.0859. The van der Waals surface area contributed by atoms with Gasteiger partial charge in [-0.25, -0.2) is 4.98 Å². The van der Waals surface area contributed by atoms with Crippen molar-refractivity contribution in [2.45, 2.75) is 25.9 Å². The number of nitrogens with one attached hydrogen (secondary N) is 1. The van der Waals surface area contributed by atoms with Crippen LogP contribution in [0.15, 0.2) is 42.7 Å². The molecule has 0 fully saturated rings. The Bertz CT molecular complexity index is 591. The highest BCUT2D eigenvalue weighted by Gasteiger charge is 2.24. The lowest BCUT2D eigenvalue weighted by atomic mass is 10.0.